The van der Waals surface area contributed by atoms with Crippen LogP contribution in [0.15, 0.2) is 30.5 Å². The molecule has 21 heavy (non-hydrogen) atoms. The van der Waals surface area contributed by atoms with Crippen LogP contribution in [-0.2, 0) is 0 Å². The van der Waals surface area contributed by atoms with Crippen LogP contribution in [0.3, 0.4) is 0 Å². The fourth-order valence-electron chi connectivity index (χ4n) is 2.03. The summed E-state index contributed by atoms with van der Waals surface area (Å²) in [7, 11) is 1.78. The maximum absolute atomic E-state index is 12.2. The number of nitrogens with two attached hydrogens (primary N) is 1. The predicted octanol–water partition coefficient (Wildman–Crippen LogP) is 0.675. The highest BCUT2D eigenvalue weighted by atomic mass is 16.2. The quantitative estimate of drug-likeness (QED) is 0.606. The van der Waals surface area contributed by atoms with Crippen molar-refractivity contribution in [1.82, 2.24) is 15.6 Å². The van der Waals surface area contributed by atoms with Gasteiger partial charge in [0.1, 0.15) is 5.82 Å². The Morgan fingerprint density at radius 3 is 2.48 bits per heavy atom. The van der Waals surface area contributed by atoms with E-state index in [0.29, 0.717) is 12.1 Å². The standard InChI is InChI=1S/C14H17N5O2/c1-16-12-10-5-3-2-4-9(10)11(8-19-12)13(20)17-6-7-18-14(15)21/h2-5,8H,6-7H2,1H3,(H,16,19)(H,17,20)(H3,15,18,21). The van der Waals surface area contributed by atoms with Crippen LogP contribution in [0.5, 0.6) is 0 Å². The average molecular weight is 287 g/mol. The first kappa shape index (κ1) is 14.6. The predicted molar refractivity (Wildman–Crippen MR) is 81.2 cm³/mol. The van der Waals surface area contributed by atoms with Crippen LogP contribution in [0, 0.1) is 0 Å². The topological polar surface area (TPSA) is 109 Å². The third kappa shape index (κ3) is 3.38. The highest BCUT2D eigenvalue weighted by molar-refractivity contribution is 6.09. The summed E-state index contributed by atoms with van der Waals surface area (Å²) in [4.78, 5) is 27.0. The molecule has 1 heterocycles. The summed E-state index contributed by atoms with van der Waals surface area (Å²) in [6, 6.07) is 6.92. The van der Waals surface area contributed by atoms with Gasteiger partial charge in [-0.1, -0.05) is 24.3 Å². The average Bonchev–Trinajstić information content (AvgIpc) is 2.50. The van der Waals surface area contributed by atoms with E-state index in [4.69, 9.17) is 5.73 Å². The number of pyridine rings is 1. The first-order valence-corrected chi connectivity index (χ1v) is 6.50. The fourth-order valence-corrected chi connectivity index (χ4v) is 2.03. The minimum Gasteiger partial charge on any atom is -0.373 e. The Labute approximate surface area is 121 Å². The monoisotopic (exact) mass is 287 g/mol. The lowest BCUT2D eigenvalue weighted by Crippen LogP contribution is -2.37. The number of nitrogens with zero attached hydrogens (tertiary/aromatic N) is 1. The van der Waals surface area contributed by atoms with Crippen LogP contribution < -0.4 is 21.7 Å². The maximum Gasteiger partial charge on any atom is 0.312 e. The molecule has 0 bridgehead atoms. The Balaban J connectivity index is 2.18. The van der Waals surface area contributed by atoms with Gasteiger partial charge in [-0.25, -0.2) is 9.78 Å². The molecule has 110 valence electrons. The first-order chi connectivity index (χ1) is 10.1. The SMILES string of the molecule is CNc1ncc(C(=O)NCCNC(N)=O)c2ccccc12. The molecular weight excluding hydrogens is 270 g/mol. The van der Waals surface area contributed by atoms with Crippen molar-refractivity contribution >= 4 is 28.5 Å². The lowest BCUT2D eigenvalue weighted by Gasteiger charge is -2.10. The van der Waals surface area contributed by atoms with E-state index in [1.807, 2.05) is 24.3 Å². The van der Waals surface area contributed by atoms with Crippen LogP contribution in [0.4, 0.5) is 10.6 Å². The molecule has 0 fully saturated rings. The van der Waals surface area contributed by atoms with Crippen molar-refractivity contribution in [3.8, 4) is 0 Å². The molecule has 2 aromatic rings. The van der Waals surface area contributed by atoms with Crippen molar-refractivity contribution in [2.45, 2.75) is 0 Å². The van der Waals surface area contributed by atoms with E-state index in [1.165, 1.54) is 6.20 Å². The number of carbonyl (C=O) groups excluding carboxylic acids is 2. The molecule has 2 rings (SSSR count). The summed E-state index contributed by atoms with van der Waals surface area (Å²) >= 11 is 0. The van der Waals surface area contributed by atoms with Crippen molar-refractivity contribution in [2.75, 3.05) is 25.5 Å². The lowest BCUT2D eigenvalue weighted by molar-refractivity contribution is 0.0955. The Morgan fingerprint density at radius 2 is 1.81 bits per heavy atom. The van der Waals surface area contributed by atoms with Crippen molar-refractivity contribution in [2.24, 2.45) is 5.73 Å². The third-order valence-electron chi connectivity index (χ3n) is 2.99. The van der Waals surface area contributed by atoms with Gasteiger partial charge in [0.25, 0.3) is 5.91 Å². The number of aromatic nitrogens is 1. The van der Waals surface area contributed by atoms with Crippen LogP contribution in [0.2, 0.25) is 0 Å². The largest absolute Gasteiger partial charge is 0.373 e. The summed E-state index contributed by atoms with van der Waals surface area (Å²) in [6.45, 7) is 0.574. The van der Waals surface area contributed by atoms with Gasteiger partial charge in [0.15, 0.2) is 0 Å². The van der Waals surface area contributed by atoms with Gasteiger partial charge in [0.2, 0.25) is 0 Å². The summed E-state index contributed by atoms with van der Waals surface area (Å²) in [6.07, 6.45) is 1.53. The van der Waals surface area contributed by atoms with Gasteiger partial charge in [0.05, 0.1) is 5.56 Å². The smallest absolute Gasteiger partial charge is 0.312 e. The second kappa shape index (κ2) is 6.56. The zero-order valence-corrected chi connectivity index (χ0v) is 11.6. The van der Waals surface area contributed by atoms with Gasteiger partial charge in [-0.05, 0) is 5.39 Å². The summed E-state index contributed by atoms with van der Waals surface area (Å²) < 4.78 is 0. The fraction of sp³-hybridized carbons (Fsp3) is 0.214. The van der Waals surface area contributed by atoms with E-state index in [0.717, 1.165) is 16.6 Å². The van der Waals surface area contributed by atoms with Gasteiger partial charge >= 0.3 is 6.03 Å². The lowest BCUT2D eigenvalue weighted by atomic mass is 10.1. The second-order valence-electron chi connectivity index (χ2n) is 4.36. The molecule has 0 aliphatic rings. The van der Waals surface area contributed by atoms with Gasteiger partial charge in [-0.2, -0.15) is 0 Å². The molecule has 5 N–H and O–H groups in total. The van der Waals surface area contributed by atoms with E-state index < -0.39 is 6.03 Å². The molecule has 0 spiro atoms. The van der Waals surface area contributed by atoms with Crippen LogP contribution in [0.25, 0.3) is 10.8 Å². The highest BCUT2D eigenvalue weighted by Crippen LogP contribution is 2.23. The Kier molecular flexibility index (Phi) is 4.55. The van der Waals surface area contributed by atoms with E-state index in [9.17, 15) is 9.59 Å². The van der Waals surface area contributed by atoms with Crippen LogP contribution >= 0.6 is 0 Å². The number of nitrogens with one attached hydrogen (secondary N) is 3. The summed E-state index contributed by atoms with van der Waals surface area (Å²) in [5.41, 5.74) is 5.44. The normalized spacial score (nSPS) is 10.1. The zero-order valence-electron chi connectivity index (χ0n) is 11.6. The van der Waals surface area contributed by atoms with Crippen molar-refractivity contribution in [3.63, 3.8) is 0 Å². The number of amides is 3. The number of primary amides is 1. The van der Waals surface area contributed by atoms with Gasteiger partial charge < -0.3 is 21.7 Å². The van der Waals surface area contributed by atoms with Gasteiger partial charge in [0, 0.05) is 31.7 Å². The number of hydrogen-bond acceptors (Lipinski definition) is 4. The Morgan fingerprint density at radius 1 is 1.14 bits per heavy atom. The van der Waals surface area contributed by atoms with Crippen molar-refractivity contribution in [3.05, 3.63) is 36.0 Å². The van der Waals surface area contributed by atoms with Crippen LogP contribution in [0.1, 0.15) is 10.4 Å². The van der Waals surface area contributed by atoms with Gasteiger partial charge in [-0.15, -0.1) is 0 Å². The number of carbonyl (C=O) groups is 2. The molecule has 0 aliphatic carbocycles. The second-order valence-corrected chi connectivity index (χ2v) is 4.36. The highest BCUT2D eigenvalue weighted by Gasteiger charge is 2.12. The molecule has 0 atom stereocenters. The van der Waals surface area contributed by atoms with Crippen molar-refractivity contribution in [1.29, 1.82) is 0 Å². The Hall–Kier alpha value is -2.83. The molecule has 1 aromatic carbocycles. The number of urea groups is 1. The molecule has 7 nitrogen and oxygen atoms in total. The summed E-state index contributed by atoms with van der Waals surface area (Å²) in [5, 5.41) is 9.81. The number of anilines is 1. The molecule has 0 unspecified atom stereocenters. The Bertz CT molecular complexity index is 671. The third-order valence-corrected chi connectivity index (χ3v) is 2.99. The maximum atomic E-state index is 12.2. The molecule has 0 saturated heterocycles. The van der Waals surface area contributed by atoms with Gasteiger partial charge in [-0.3, -0.25) is 4.79 Å². The first-order valence-electron chi connectivity index (χ1n) is 6.50. The number of fused-ring (bicyclic) bond motifs is 1. The number of benzene rings is 1. The van der Waals surface area contributed by atoms with E-state index in [2.05, 4.69) is 20.9 Å². The molecule has 7 heteroatoms. The van der Waals surface area contributed by atoms with E-state index in [1.54, 1.807) is 7.05 Å². The number of hydrogen-bond donors (Lipinski definition) is 4. The molecule has 0 saturated carbocycles. The van der Waals surface area contributed by atoms with E-state index >= 15 is 0 Å². The van der Waals surface area contributed by atoms with Crippen molar-refractivity contribution < 1.29 is 9.59 Å². The minimum absolute atomic E-state index is 0.243. The minimum atomic E-state index is -0.616. The van der Waals surface area contributed by atoms with E-state index in [-0.39, 0.29) is 12.5 Å². The molecular formula is C14H17N5O2. The van der Waals surface area contributed by atoms with Crippen LogP contribution in [-0.4, -0.2) is 37.1 Å². The number of rotatable bonds is 5. The molecule has 1 aromatic heterocycles. The molecule has 0 aliphatic heterocycles. The molecule has 3 amide bonds. The zero-order chi connectivity index (χ0) is 15.2. The molecule has 0 radical (unpaired) electrons. The summed E-state index contributed by atoms with van der Waals surface area (Å²) in [5.74, 6) is 0.477.